The molecular formula is C16H23N3O2S. The van der Waals surface area contributed by atoms with Crippen molar-refractivity contribution in [2.45, 2.75) is 19.3 Å². The molecule has 1 aliphatic rings. The van der Waals surface area contributed by atoms with E-state index in [1.54, 1.807) is 0 Å². The maximum absolute atomic E-state index is 12.0. The monoisotopic (exact) mass is 321 g/mol. The van der Waals surface area contributed by atoms with Gasteiger partial charge in [-0.15, -0.1) is 0 Å². The predicted octanol–water partition coefficient (Wildman–Crippen LogP) is 1.38. The van der Waals surface area contributed by atoms with Crippen LogP contribution in [0.15, 0.2) is 30.3 Å². The molecule has 5 nitrogen and oxygen atoms in total. The molecule has 1 fully saturated rings. The second-order valence-electron chi connectivity index (χ2n) is 5.78. The molecule has 0 radical (unpaired) electrons. The fourth-order valence-corrected chi connectivity index (χ4v) is 3.80. The van der Waals surface area contributed by atoms with E-state index in [0.29, 0.717) is 25.4 Å². The first-order valence-electron chi connectivity index (χ1n) is 7.69. The molecule has 1 aromatic rings. The van der Waals surface area contributed by atoms with Crippen LogP contribution in [0.4, 0.5) is 0 Å². The Morgan fingerprint density at radius 3 is 2.55 bits per heavy atom. The van der Waals surface area contributed by atoms with Crippen molar-refractivity contribution in [2.75, 3.05) is 31.9 Å². The van der Waals surface area contributed by atoms with Crippen LogP contribution >= 0.6 is 0 Å². The van der Waals surface area contributed by atoms with Crippen molar-refractivity contribution in [3.63, 3.8) is 0 Å². The normalized spacial score (nSPS) is 17.2. The fourth-order valence-electron chi connectivity index (χ4n) is 2.66. The summed E-state index contributed by atoms with van der Waals surface area (Å²) in [6.07, 6.45) is 2.43. The van der Waals surface area contributed by atoms with Gasteiger partial charge in [0, 0.05) is 6.54 Å². The molecular weight excluding hydrogens is 298 g/mol. The highest BCUT2D eigenvalue weighted by Gasteiger charge is 2.20. The average Bonchev–Trinajstić information content (AvgIpc) is 2.54. The van der Waals surface area contributed by atoms with Crippen LogP contribution in [0.3, 0.4) is 0 Å². The lowest BCUT2D eigenvalue weighted by Crippen LogP contribution is -2.39. The van der Waals surface area contributed by atoms with Gasteiger partial charge in [0.25, 0.3) is 0 Å². The highest BCUT2D eigenvalue weighted by atomic mass is 32.2. The summed E-state index contributed by atoms with van der Waals surface area (Å²) < 4.78 is 26.8. The van der Waals surface area contributed by atoms with Crippen LogP contribution in [0.5, 0.6) is 0 Å². The average molecular weight is 321 g/mol. The molecule has 0 atom stereocenters. The summed E-state index contributed by atoms with van der Waals surface area (Å²) in [4.78, 5) is 2.11. The van der Waals surface area contributed by atoms with Crippen LogP contribution in [0.25, 0.3) is 0 Å². The molecule has 0 aromatic heterocycles. The summed E-state index contributed by atoms with van der Waals surface area (Å²) in [5.74, 6) is 0.506. The number of aryl methyl sites for hydroxylation is 1. The Morgan fingerprint density at radius 1 is 1.23 bits per heavy atom. The van der Waals surface area contributed by atoms with Gasteiger partial charge in [-0.3, -0.25) is 4.90 Å². The van der Waals surface area contributed by atoms with Crippen LogP contribution in [-0.4, -0.2) is 45.2 Å². The minimum atomic E-state index is -3.22. The maximum Gasteiger partial charge on any atom is 0.211 e. The van der Waals surface area contributed by atoms with Crippen molar-refractivity contribution in [3.8, 4) is 6.07 Å². The zero-order valence-electron chi connectivity index (χ0n) is 12.7. The van der Waals surface area contributed by atoms with Gasteiger partial charge >= 0.3 is 0 Å². The Labute approximate surface area is 133 Å². The summed E-state index contributed by atoms with van der Waals surface area (Å²) in [5.41, 5.74) is 1.04. The van der Waals surface area contributed by atoms with Crippen molar-refractivity contribution in [3.05, 3.63) is 35.9 Å². The van der Waals surface area contributed by atoms with Gasteiger partial charge in [0.2, 0.25) is 10.0 Å². The SMILES string of the molecule is N#CCN1CCC(CNS(=O)(=O)CCc2ccccc2)CC1. The van der Waals surface area contributed by atoms with Crippen molar-refractivity contribution in [2.24, 2.45) is 5.92 Å². The first-order chi connectivity index (χ1) is 10.6. The molecule has 0 bridgehead atoms. The quantitative estimate of drug-likeness (QED) is 0.770. The van der Waals surface area contributed by atoms with E-state index in [-0.39, 0.29) is 5.75 Å². The molecule has 0 spiro atoms. The summed E-state index contributed by atoms with van der Waals surface area (Å²) in [6, 6.07) is 11.8. The van der Waals surface area contributed by atoms with E-state index in [2.05, 4.69) is 15.7 Å². The van der Waals surface area contributed by atoms with Gasteiger partial charge < -0.3 is 0 Å². The summed E-state index contributed by atoms with van der Waals surface area (Å²) in [7, 11) is -3.22. The van der Waals surface area contributed by atoms with Crippen molar-refractivity contribution >= 4 is 10.0 Å². The number of sulfonamides is 1. The van der Waals surface area contributed by atoms with E-state index in [1.165, 1.54) is 0 Å². The van der Waals surface area contributed by atoms with Crippen molar-refractivity contribution in [1.82, 2.24) is 9.62 Å². The Balaban J connectivity index is 1.71. The van der Waals surface area contributed by atoms with Gasteiger partial charge in [-0.1, -0.05) is 30.3 Å². The number of piperidine rings is 1. The minimum Gasteiger partial charge on any atom is -0.291 e. The summed E-state index contributed by atoms with van der Waals surface area (Å²) in [5, 5.41) is 8.66. The lowest BCUT2D eigenvalue weighted by atomic mass is 9.97. The highest BCUT2D eigenvalue weighted by Crippen LogP contribution is 2.16. The molecule has 1 N–H and O–H groups in total. The van der Waals surface area contributed by atoms with Crippen LogP contribution < -0.4 is 4.72 Å². The molecule has 6 heteroatoms. The fraction of sp³-hybridized carbons (Fsp3) is 0.562. The second-order valence-corrected chi connectivity index (χ2v) is 7.71. The Kier molecular flexibility index (Phi) is 6.37. The molecule has 120 valence electrons. The number of hydrogen-bond donors (Lipinski definition) is 1. The highest BCUT2D eigenvalue weighted by molar-refractivity contribution is 7.89. The minimum absolute atomic E-state index is 0.129. The number of rotatable bonds is 7. The Hall–Kier alpha value is -1.42. The molecule has 0 unspecified atom stereocenters. The topological polar surface area (TPSA) is 73.2 Å². The van der Waals surface area contributed by atoms with Gasteiger partial charge in [0.15, 0.2) is 0 Å². The van der Waals surface area contributed by atoms with Crippen LogP contribution in [0.2, 0.25) is 0 Å². The van der Waals surface area contributed by atoms with Crippen LogP contribution in [0, 0.1) is 17.2 Å². The van der Waals surface area contributed by atoms with E-state index in [1.807, 2.05) is 30.3 Å². The van der Waals surface area contributed by atoms with Gasteiger partial charge in [0.1, 0.15) is 0 Å². The third kappa shape index (κ3) is 5.76. The largest absolute Gasteiger partial charge is 0.291 e. The van der Waals surface area contributed by atoms with E-state index in [4.69, 9.17) is 5.26 Å². The summed E-state index contributed by atoms with van der Waals surface area (Å²) in [6.45, 7) is 2.74. The Bertz CT molecular complexity index is 588. The third-order valence-electron chi connectivity index (χ3n) is 4.10. The van der Waals surface area contributed by atoms with Crippen LogP contribution in [0.1, 0.15) is 18.4 Å². The van der Waals surface area contributed by atoms with E-state index in [9.17, 15) is 8.42 Å². The van der Waals surface area contributed by atoms with E-state index >= 15 is 0 Å². The predicted molar refractivity (Wildman–Crippen MR) is 86.7 cm³/mol. The van der Waals surface area contributed by atoms with Crippen molar-refractivity contribution < 1.29 is 8.42 Å². The lowest BCUT2D eigenvalue weighted by molar-refractivity contribution is 0.204. The first kappa shape index (κ1) is 16.9. The zero-order valence-corrected chi connectivity index (χ0v) is 13.6. The first-order valence-corrected chi connectivity index (χ1v) is 9.35. The number of nitrogens with zero attached hydrogens (tertiary/aromatic N) is 2. The molecule has 2 rings (SSSR count). The second kappa shape index (κ2) is 8.28. The zero-order chi connectivity index (χ0) is 15.8. The Morgan fingerprint density at radius 2 is 1.91 bits per heavy atom. The third-order valence-corrected chi connectivity index (χ3v) is 5.44. The molecule has 0 aliphatic carbocycles. The number of likely N-dealkylation sites (tertiary alicyclic amines) is 1. The van der Waals surface area contributed by atoms with Gasteiger partial charge in [-0.25, -0.2) is 13.1 Å². The van der Waals surface area contributed by atoms with E-state index < -0.39 is 10.0 Å². The smallest absolute Gasteiger partial charge is 0.211 e. The van der Waals surface area contributed by atoms with Gasteiger partial charge in [-0.05, 0) is 43.8 Å². The molecule has 1 aromatic carbocycles. The van der Waals surface area contributed by atoms with Crippen LogP contribution in [-0.2, 0) is 16.4 Å². The number of nitrogens with one attached hydrogen (secondary N) is 1. The number of nitriles is 1. The molecule has 22 heavy (non-hydrogen) atoms. The summed E-state index contributed by atoms with van der Waals surface area (Å²) >= 11 is 0. The number of benzene rings is 1. The number of hydrogen-bond acceptors (Lipinski definition) is 4. The van der Waals surface area contributed by atoms with Crippen molar-refractivity contribution in [1.29, 1.82) is 5.26 Å². The van der Waals surface area contributed by atoms with Gasteiger partial charge in [0.05, 0.1) is 18.4 Å². The molecule has 1 heterocycles. The van der Waals surface area contributed by atoms with Gasteiger partial charge in [-0.2, -0.15) is 5.26 Å². The molecule has 1 aliphatic heterocycles. The lowest BCUT2D eigenvalue weighted by Gasteiger charge is -2.30. The molecule has 1 saturated heterocycles. The molecule has 0 saturated carbocycles. The standard InChI is InChI=1S/C16H23N3O2S/c17-9-12-19-10-6-16(7-11-19)14-18-22(20,21)13-8-15-4-2-1-3-5-15/h1-5,16,18H,6-8,10-14H2. The molecule has 0 amide bonds. The maximum atomic E-state index is 12.0. The van der Waals surface area contributed by atoms with E-state index in [0.717, 1.165) is 31.5 Å².